The maximum atomic E-state index is 12.3. The third kappa shape index (κ3) is 2.70. The number of morpholine rings is 1. The molecule has 21 heavy (non-hydrogen) atoms. The molecule has 2 aromatic heterocycles. The zero-order valence-corrected chi connectivity index (χ0v) is 11.5. The van der Waals surface area contributed by atoms with Crippen molar-refractivity contribution < 1.29 is 14.1 Å². The van der Waals surface area contributed by atoms with E-state index in [-0.39, 0.29) is 12.0 Å². The molecule has 1 saturated heterocycles. The minimum Gasteiger partial charge on any atom is -0.372 e. The van der Waals surface area contributed by atoms with E-state index in [1.54, 1.807) is 30.4 Å². The SMILES string of the molecule is CNc1nccnc1C1CN(C(=O)c2ccon2)CCO1. The lowest BCUT2D eigenvalue weighted by Crippen LogP contribution is -2.42. The predicted octanol–water partition coefficient (Wildman–Crippen LogP) is 0.720. The van der Waals surface area contributed by atoms with Crippen molar-refractivity contribution in [3.8, 4) is 0 Å². The van der Waals surface area contributed by atoms with Crippen molar-refractivity contribution in [2.24, 2.45) is 0 Å². The second kappa shape index (κ2) is 5.88. The summed E-state index contributed by atoms with van der Waals surface area (Å²) < 4.78 is 10.4. The molecule has 1 unspecified atom stereocenters. The van der Waals surface area contributed by atoms with Gasteiger partial charge in [-0.05, 0) is 0 Å². The van der Waals surface area contributed by atoms with Gasteiger partial charge in [0.2, 0.25) is 0 Å². The monoisotopic (exact) mass is 289 g/mol. The lowest BCUT2D eigenvalue weighted by molar-refractivity contribution is -0.0248. The van der Waals surface area contributed by atoms with E-state index in [9.17, 15) is 4.79 Å². The van der Waals surface area contributed by atoms with E-state index in [4.69, 9.17) is 9.26 Å². The van der Waals surface area contributed by atoms with Crippen LogP contribution in [-0.2, 0) is 4.74 Å². The van der Waals surface area contributed by atoms with Gasteiger partial charge in [0.25, 0.3) is 5.91 Å². The van der Waals surface area contributed by atoms with Crippen LogP contribution in [0.2, 0.25) is 0 Å². The van der Waals surface area contributed by atoms with Gasteiger partial charge >= 0.3 is 0 Å². The Hall–Kier alpha value is -2.48. The van der Waals surface area contributed by atoms with Gasteiger partial charge in [0.15, 0.2) is 5.69 Å². The van der Waals surface area contributed by atoms with Crippen molar-refractivity contribution in [3.63, 3.8) is 0 Å². The fourth-order valence-electron chi connectivity index (χ4n) is 2.26. The van der Waals surface area contributed by atoms with Crippen LogP contribution in [0.5, 0.6) is 0 Å². The summed E-state index contributed by atoms with van der Waals surface area (Å²) in [6.45, 7) is 1.35. The molecule has 8 nitrogen and oxygen atoms in total. The van der Waals surface area contributed by atoms with Crippen molar-refractivity contribution in [2.45, 2.75) is 6.10 Å². The maximum absolute atomic E-state index is 12.3. The van der Waals surface area contributed by atoms with E-state index in [1.165, 1.54) is 6.26 Å². The number of ether oxygens (including phenoxy) is 1. The lowest BCUT2D eigenvalue weighted by atomic mass is 10.2. The van der Waals surface area contributed by atoms with Crippen molar-refractivity contribution >= 4 is 11.7 Å². The van der Waals surface area contributed by atoms with Crippen molar-refractivity contribution in [3.05, 3.63) is 36.1 Å². The second-order valence-corrected chi connectivity index (χ2v) is 4.54. The number of anilines is 1. The largest absolute Gasteiger partial charge is 0.372 e. The van der Waals surface area contributed by atoms with Gasteiger partial charge in [-0.1, -0.05) is 5.16 Å². The lowest BCUT2D eigenvalue weighted by Gasteiger charge is -2.32. The smallest absolute Gasteiger partial charge is 0.276 e. The van der Waals surface area contributed by atoms with E-state index in [0.29, 0.717) is 36.9 Å². The average Bonchev–Trinajstić information content (AvgIpc) is 3.08. The number of amides is 1. The van der Waals surface area contributed by atoms with Gasteiger partial charge in [0.05, 0.1) is 13.2 Å². The highest BCUT2D eigenvalue weighted by Crippen LogP contribution is 2.25. The second-order valence-electron chi connectivity index (χ2n) is 4.54. The zero-order chi connectivity index (χ0) is 14.7. The minimum absolute atomic E-state index is 0.174. The van der Waals surface area contributed by atoms with E-state index in [1.807, 2.05) is 0 Å². The van der Waals surface area contributed by atoms with Crippen molar-refractivity contribution in [1.82, 2.24) is 20.0 Å². The number of rotatable bonds is 3. The van der Waals surface area contributed by atoms with Gasteiger partial charge in [-0.15, -0.1) is 0 Å². The molecule has 110 valence electrons. The van der Waals surface area contributed by atoms with Gasteiger partial charge in [0, 0.05) is 32.1 Å². The summed E-state index contributed by atoms with van der Waals surface area (Å²) in [7, 11) is 1.77. The minimum atomic E-state index is -0.314. The van der Waals surface area contributed by atoms with E-state index in [2.05, 4.69) is 20.4 Å². The Morgan fingerprint density at radius 3 is 3.05 bits per heavy atom. The average molecular weight is 289 g/mol. The van der Waals surface area contributed by atoms with Crippen LogP contribution in [0.15, 0.2) is 29.2 Å². The first-order valence-corrected chi connectivity index (χ1v) is 6.59. The molecule has 0 aliphatic carbocycles. The zero-order valence-electron chi connectivity index (χ0n) is 11.5. The summed E-state index contributed by atoms with van der Waals surface area (Å²) >= 11 is 0. The number of nitrogens with one attached hydrogen (secondary N) is 1. The Balaban J connectivity index is 1.78. The summed E-state index contributed by atoms with van der Waals surface area (Å²) in [4.78, 5) is 22.5. The molecule has 0 radical (unpaired) electrons. The summed E-state index contributed by atoms with van der Waals surface area (Å²) in [6, 6.07) is 1.55. The van der Waals surface area contributed by atoms with Gasteiger partial charge in [-0.2, -0.15) is 0 Å². The molecule has 2 aromatic rings. The molecule has 3 heterocycles. The first-order valence-electron chi connectivity index (χ1n) is 6.59. The molecule has 1 amide bonds. The number of carbonyl (C=O) groups is 1. The van der Waals surface area contributed by atoms with Crippen LogP contribution in [0.25, 0.3) is 0 Å². The van der Waals surface area contributed by atoms with Gasteiger partial charge in [-0.25, -0.2) is 4.98 Å². The Morgan fingerprint density at radius 2 is 2.29 bits per heavy atom. The first kappa shape index (κ1) is 13.5. The molecule has 0 bridgehead atoms. The van der Waals surface area contributed by atoms with Crippen LogP contribution < -0.4 is 5.32 Å². The number of carbonyl (C=O) groups excluding carboxylic acids is 1. The Kier molecular flexibility index (Phi) is 3.78. The third-order valence-corrected chi connectivity index (χ3v) is 3.28. The van der Waals surface area contributed by atoms with Crippen LogP contribution in [0, 0.1) is 0 Å². The molecular weight excluding hydrogens is 274 g/mol. The molecule has 1 fully saturated rings. The molecule has 0 spiro atoms. The van der Waals surface area contributed by atoms with Crippen LogP contribution in [0.1, 0.15) is 22.3 Å². The summed E-state index contributed by atoms with van der Waals surface area (Å²) in [6.07, 6.45) is 4.28. The normalized spacial score (nSPS) is 18.5. The van der Waals surface area contributed by atoms with E-state index in [0.717, 1.165) is 0 Å². The van der Waals surface area contributed by atoms with Crippen LogP contribution in [0.3, 0.4) is 0 Å². The van der Waals surface area contributed by atoms with E-state index >= 15 is 0 Å². The van der Waals surface area contributed by atoms with Gasteiger partial charge in [-0.3, -0.25) is 9.78 Å². The standard InChI is InChI=1S/C13H15N5O3/c1-14-12-11(15-3-4-16-12)10-8-18(5-7-20-10)13(19)9-2-6-21-17-9/h2-4,6,10H,5,7-8H2,1H3,(H,14,16). The van der Waals surface area contributed by atoms with Crippen LogP contribution in [0.4, 0.5) is 5.82 Å². The number of aromatic nitrogens is 3. The highest BCUT2D eigenvalue weighted by Gasteiger charge is 2.29. The molecule has 1 aliphatic heterocycles. The summed E-state index contributed by atoms with van der Waals surface area (Å²) in [5.74, 6) is 0.477. The quantitative estimate of drug-likeness (QED) is 0.889. The van der Waals surface area contributed by atoms with Crippen LogP contribution in [-0.4, -0.2) is 52.7 Å². The van der Waals surface area contributed by atoms with Gasteiger partial charge in [0.1, 0.15) is 23.9 Å². The molecule has 1 aliphatic rings. The highest BCUT2D eigenvalue weighted by atomic mass is 16.5. The molecule has 0 aromatic carbocycles. The third-order valence-electron chi connectivity index (χ3n) is 3.28. The summed E-state index contributed by atoms with van der Waals surface area (Å²) in [5.41, 5.74) is 0.987. The highest BCUT2D eigenvalue weighted by molar-refractivity contribution is 5.92. The van der Waals surface area contributed by atoms with Crippen molar-refractivity contribution in [2.75, 3.05) is 32.1 Å². The molecule has 1 atom stereocenters. The Labute approximate surface area is 121 Å². The molecular formula is C13H15N5O3. The number of hydrogen-bond acceptors (Lipinski definition) is 7. The Bertz CT molecular complexity index is 616. The fraction of sp³-hybridized carbons (Fsp3) is 0.385. The van der Waals surface area contributed by atoms with Gasteiger partial charge < -0.3 is 19.5 Å². The Morgan fingerprint density at radius 1 is 1.43 bits per heavy atom. The topological polar surface area (TPSA) is 93.4 Å². The maximum Gasteiger partial charge on any atom is 0.276 e. The number of hydrogen-bond donors (Lipinski definition) is 1. The number of nitrogens with zero attached hydrogens (tertiary/aromatic N) is 4. The van der Waals surface area contributed by atoms with E-state index < -0.39 is 0 Å². The van der Waals surface area contributed by atoms with Crippen molar-refractivity contribution in [1.29, 1.82) is 0 Å². The summed E-state index contributed by atoms with van der Waals surface area (Å²) in [5, 5.41) is 6.66. The first-order chi connectivity index (χ1) is 10.3. The molecule has 8 heteroatoms. The predicted molar refractivity (Wildman–Crippen MR) is 72.7 cm³/mol. The van der Waals surface area contributed by atoms with Crippen LogP contribution >= 0.6 is 0 Å². The molecule has 1 N–H and O–H groups in total. The fourth-order valence-corrected chi connectivity index (χ4v) is 2.26. The molecule has 0 saturated carbocycles. The molecule has 3 rings (SSSR count).